The monoisotopic (exact) mass is 269 g/mol. The standard InChI is InChI=1S/C15H19N5/c1-3-8-17-12(2)18-9-7-14(16)13-11-19-20-10-5-4-6-15(13)20/h4-7,9-11,17H,2-3,8,16H2,1H3/b14-7-,18-9-. The molecule has 2 heterocycles. The molecule has 5 nitrogen and oxygen atoms in total. The van der Waals surface area contributed by atoms with Crippen molar-refractivity contribution in [2.45, 2.75) is 13.3 Å². The van der Waals surface area contributed by atoms with Gasteiger partial charge in [-0.2, -0.15) is 5.10 Å². The molecule has 0 amide bonds. The molecule has 0 saturated heterocycles. The molecule has 2 aromatic heterocycles. The van der Waals surface area contributed by atoms with Crippen molar-refractivity contribution < 1.29 is 0 Å². The molecule has 0 saturated carbocycles. The molecule has 0 spiro atoms. The van der Waals surface area contributed by atoms with Gasteiger partial charge in [-0.3, -0.25) is 0 Å². The Morgan fingerprint density at radius 1 is 1.55 bits per heavy atom. The van der Waals surface area contributed by atoms with Gasteiger partial charge in [0, 0.05) is 30.2 Å². The number of aromatic nitrogens is 2. The number of nitrogens with one attached hydrogen (secondary N) is 1. The molecule has 2 aromatic rings. The van der Waals surface area contributed by atoms with E-state index in [2.05, 4.69) is 28.9 Å². The van der Waals surface area contributed by atoms with E-state index in [0.717, 1.165) is 24.0 Å². The van der Waals surface area contributed by atoms with Crippen LogP contribution in [0, 0.1) is 0 Å². The Morgan fingerprint density at radius 3 is 3.20 bits per heavy atom. The smallest absolute Gasteiger partial charge is 0.118 e. The molecular weight excluding hydrogens is 250 g/mol. The van der Waals surface area contributed by atoms with Crippen molar-refractivity contribution in [3.05, 3.63) is 54.6 Å². The number of nitrogens with two attached hydrogens (primary N) is 1. The van der Waals surface area contributed by atoms with Gasteiger partial charge < -0.3 is 11.1 Å². The summed E-state index contributed by atoms with van der Waals surface area (Å²) in [6.45, 7) is 6.76. The van der Waals surface area contributed by atoms with E-state index in [1.165, 1.54) is 0 Å². The number of hydrogen-bond donors (Lipinski definition) is 2. The van der Waals surface area contributed by atoms with Gasteiger partial charge in [-0.05, 0) is 24.6 Å². The maximum absolute atomic E-state index is 6.06. The zero-order valence-electron chi connectivity index (χ0n) is 11.6. The Hall–Kier alpha value is -2.56. The van der Waals surface area contributed by atoms with Crippen molar-refractivity contribution >= 4 is 17.4 Å². The second kappa shape index (κ2) is 6.56. The summed E-state index contributed by atoms with van der Waals surface area (Å²) in [5, 5.41) is 7.34. The molecule has 104 valence electrons. The first kappa shape index (κ1) is 13.9. The molecule has 0 aliphatic heterocycles. The van der Waals surface area contributed by atoms with E-state index in [4.69, 9.17) is 5.73 Å². The first-order valence-corrected chi connectivity index (χ1v) is 6.57. The topological polar surface area (TPSA) is 67.7 Å². The average molecular weight is 269 g/mol. The Labute approximate surface area is 118 Å². The molecular formula is C15H19N5. The van der Waals surface area contributed by atoms with Crippen LogP contribution in [0.2, 0.25) is 0 Å². The zero-order valence-corrected chi connectivity index (χ0v) is 11.6. The molecule has 0 bridgehead atoms. The van der Waals surface area contributed by atoms with Gasteiger partial charge in [0.2, 0.25) is 0 Å². The third-order valence-corrected chi connectivity index (χ3v) is 2.80. The van der Waals surface area contributed by atoms with Crippen molar-refractivity contribution in [1.82, 2.24) is 14.9 Å². The summed E-state index contributed by atoms with van der Waals surface area (Å²) < 4.78 is 1.79. The summed E-state index contributed by atoms with van der Waals surface area (Å²) in [6.07, 6.45) is 8.07. The summed E-state index contributed by atoms with van der Waals surface area (Å²) in [6, 6.07) is 5.86. The molecule has 3 N–H and O–H groups in total. The lowest BCUT2D eigenvalue weighted by molar-refractivity contribution is 0.765. The van der Waals surface area contributed by atoms with Gasteiger partial charge in [-0.1, -0.05) is 19.6 Å². The molecule has 0 aliphatic rings. The molecule has 0 aromatic carbocycles. The van der Waals surface area contributed by atoms with Gasteiger partial charge in [0.25, 0.3) is 0 Å². The van der Waals surface area contributed by atoms with Crippen LogP contribution in [0.3, 0.4) is 0 Å². The predicted molar refractivity (Wildman–Crippen MR) is 83.3 cm³/mol. The third-order valence-electron chi connectivity index (χ3n) is 2.80. The highest BCUT2D eigenvalue weighted by Gasteiger charge is 2.04. The number of pyridine rings is 1. The Bertz CT molecular complexity index is 651. The van der Waals surface area contributed by atoms with Gasteiger partial charge in [0.15, 0.2) is 0 Å². The van der Waals surface area contributed by atoms with Crippen LogP contribution in [0.25, 0.3) is 11.2 Å². The SMILES string of the molecule is C=C(/N=C\C=C(/N)c1cnn2ccccc12)NCCC. The van der Waals surface area contributed by atoms with E-state index in [1.807, 2.05) is 24.4 Å². The average Bonchev–Trinajstić information content (AvgIpc) is 2.89. The van der Waals surface area contributed by atoms with Crippen molar-refractivity contribution in [3.63, 3.8) is 0 Å². The molecule has 0 fully saturated rings. The Balaban J connectivity index is 2.11. The summed E-state index contributed by atoms with van der Waals surface area (Å²) in [4.78, 5) is 4.18. The van der Waals surface area contributed by atoms with Crippen LogP contribution in [0.4, 0.5) is 0 Å². The fourth-order valence-electron chi connectivity index (χ4n) is 1.77. The lowest BCUT2D eigenvalue weighted by atomic mass is 10.2. The van der Waals surface area contributed by atoms with E-state index in [0.29, 0.717) is 11.5 Å². The van der Waals surface area contributed by atoms with Gasteiger partial charge in [0.05, 0.1) is 11.7 Å². The van der Waals surface area contributed by atoms with Crippen LogP contribution in [0.5, 0.6) is 0 Å². The normalized spacial score (nSPS) is 12.2. The zero-order chi connectivity index (χ0) is 14.4. The van der Waals surface area contributed by atoms with Crippen LogP contribution in [0.1, 0.15) is 18.9 Å². The molecule has 0 unspecified atom stereocenters. The maximum atomic E-state index is 6.06. The number of nitrogens with zero attached hydrogens (tertiary/aromatic N) is 3. The van der Waals surface area contributed by atoms with Crippen molar-refractivity contribution in [1.29, 1.82) is 0 Å². The highest BCUT2D eigenvalue weighted by atomic mass is 15.2. The largest absolute Gasteiger partial charge is 0.398 e. The van der Waals surface area contributed by atoms with E-state index >= 15 is 0 Å². The molecule has 20 heavy (non-hydrogen) atoms. The maximum Gasteiger partial charge on any atom is 0.118 e. The summed E-state index contributed by atoms with van der Waals surface area (Å²) in [5.41, 5.74) is 8.54. The summed E-state index contributed by atoms with van der Waals surface area (Å²) in [5.74, 6) is 0.635. The highest BCUT2D eigenvalue weighted by Crippen LogP contribution is 2.15. The predicted octanol–water partition coefficient (Wildman–Crippen LogP) is 2.18. The molecule has 0 aliphatic carbocycles. The highest BCUT2D eigenvalue weighted by molar-refractivity contribution is 5.87. The number of hydrogen-bond acceptors (Lipinski definition) is 4. The first-order chi connectivity index (χ1) is 9.72. The minimum Gasteiger partial charge on any atom is -0.398 e. The van der Waals surface area contributed by atoms with E-state index in [9.17, 15) is 0 Å². The summed E-state index contributed by atoms with van der Waals surface area (Å²) in [7, 11) is 0. The quantitative estimate of drug-likeness (QED) is 0.790. The molecule has 0 radical (unpaired) electrons. The molecule has 0 atom stereocenters. The van der Waals surface area contributed by atoms with Gasteiger partial charge in [0.1, 0.15) is 5.82 Å². The number of fused-ring (bicyclic) bond motifs is 1. The Kier molecular flexibility index (Phi) is 4.55. The second-order valence-electron chi connectivity index (χ2n) is 4.36. The van der Waals surface area contributed by atoms with Crippen LogP contribution < -0.4 is 11.1 Å². The fourth-order valence-corrected chi connectivity index (χ4v) is 1.77. The van der Waals surface area contributed by atoms with Crippen LogP contribution in [-0.4, -0.2) is 22.4 Å². The number of aliphatic imine (C=N–C) groups is 1. The lowest BCUT2D eigenvalue weighted by Gasteiger charge is -2.01. The van der Waals surface area contributed by atoms with Gasteiger partial charge in [-0.15, -0.1) is 0 Å². The van der Waals surface area contributed by atoms with Crippen LogP contribution in [0.15, 0.2) is 54.1 Å². The lowest BCUT2D eigenvalue weighted by Crippen LogP contribution is -2.11. The fraction of sp³-hybridized carbons (Fsp3) is 0.200. The van der Waals surface area contributed by atoms with Crippen molar-refractivity contribution in [2.24, 2.45) is 10.7 Å². The van der Waals surface area contributed by atoms with Gasteiger partial charge >= 0.3 is 0 Å². The van der Waals surface area contributed by atoms with E-state index in [1.54, 1.807) is 23.0 Å². The van der Waals surface area contributed by atoms with Crippen molar-refractivity contribution in [2.75, 3.05) is 6.54 Å². The number of rotatable bonds is 6. The molecule has 5 heteroatoms. The van der Waals surface area contributed by atoms with Crippen molar-refractivity contribution in [3.8, 4) is 0 Å². The first-order valence-electron chi connectivity index (χ1n) is 6.57. The minimum atomic E-state index is 0.623. The van der Waals surface area contributed by atoms with Crippen LogP contribution >= 0.6 is 0 Å². The van der Waals surface area contributed by atoms with Crippen LogP contribution in [-0.2, 0) is 0 Å². The summed E-state index contributed by atoms with van der Waals surface area (Å²) >= 11 is 0. The third kappa shape index (κ3) is 3.26. The van der Waals surface area contributed by atoms with E-state index in [-0.39, 0.29) is 0 Å². The Morgan fingerprint density at radius 2 is 2.40 bits per heavy atom. The number of allylic oxidation sites excluding steroid dienone is 1. The second-order valence-corrected chi connectivity index (χ2v) is 4.36. The molecule has 2 rings (SSSR count). The van der Waals surface area contributed by atoms with Gasteiger partial charge in [-0.25, -0.2) is 9.51 Å². The van der Waals surface area contributed by atoms with E-state index < -0.39 is 0 Å². The minimum absolute atomic E-state index is 0.623.